The molecule has 124 valence electrons. The molecule has 7 nitrogen and oxygen atoms in total. The molecule has 0 unspecified atom stereocenters. The summed E-state index contributed by atoms with van der Waals surface area (Å²) in [6, 6.07) is 1.60. The van der Waals surface area contributed by atoms with Crippen molar-refractivity contribution in [3.8, 4) is 0 Å². The molecule has 0 aliphatic carbocycles. The van der Waals surface area contributed by atoms with Crippen molar-refractivity contribution in [3.05, 3.63) is 17.5 Å². The topological polar surface area (TPSA) is 92.5 Å². The molecule has 0 atom stereocenters. The molecule has 1 aromatic heterocycles. The Kier molecular flexibility index (Phi) is 5.57. The number of carbonyl (C=O) groups excluding carboxylic acids is 1. The predicted octanol–water partition coefficient (Wildman–Crippen LogP) is 1.03. The fourth-order valence-electron chi connectivity index (χ4n) is 2.40. The lowest BCUT2D eigenvalue weighted by molar-refractivity contribution is 0.0947. The molecule has 2 heterocycles. The van der Waals surface area contributed by atoms with Crippen LogP contribution in [0.4, 0.5) is 0 Å². The van der Waals surface area contributed by atoms with Gasteiger partial charge in [-0.1, -0.05) is 19.0 Å². The van der Waals surface area contributed by atoms with E-state index in [1.807, 2.05) is 13.8 Å². The van der Waals surface area contributed by atoms with Crippen LogP contribution >= 0.6 is 0 Å². The van der Waals surface area contributed by atoms with Gasteiger partial charge in [0.2, 0.25) is 10.0 Å². The molecular weight excluding hydrogens is 306 g/mol. The third-order valence-corrected chi connectivity index (χ3v) is 5.38. The summed E-state index contributed by atoms with van der Waals surface area (Å²) in [7, 11) is -3.27. The number of rotatable bonds is 7. The monoisotopic (exact) mass is 329 g/mol. The first kappa shape index (κ1) is 17.0. The quantitative estimate of drug-likeness (QED) is 0.806. The number of nitrogens with zero attached hydrogens (tertiary/aromatic N) is 2. The lowest BCUT2D eigenvalue weighted by Crippen LogP contribution is -2.36. The Hall–Kier alpha value is -1.41. The average Bonchev–Trinajstić information content (AvgIpc) is 3.08. The average molecular weight is 329 g/mol. The minimum absolute atomic E-state index is 0.0735. The van der Waals surface area contributed by atoms with Crippen LogP contribution in [0.3, 0.4) is 0 Å². The van der Waals surface area contributed by atoms with E-state index < -0.39 is 15.9 Å². The smallest absolute Gasteiger partial charge is 0.273 e. The molecular formula is C14H23N3O4S. The zero-order chi connectivity index (χ0) is 16.2. The normalized spacial score (nSPS) is 16.3. The van der Waals surface area contributed by atoms with Crippen molar-refractivity contribution in [2.75, 3.05) is 25.4 Å². The fraction of sp³-hybridized carbons (Fsp3) is 0.714. The third kappa shape index (κ3) is 4.54. The highest BCUT2D eigenvalue weighted by Crippen LogP contribution is 2.13. The number of nitrogens with one attached hydrogen (secondary N) is 1. The van der Waals surface area contributed by atoms with Gasteiger partial charge >= 0.3 is 0 Å². The van der Waals surface area contributed by atoms with Gasteiger partial charge in [-0.25, -0.2) is 12.7 Å². The number of hydrogen-bond acceptors (Lipinski definition) is 5. The van der Waals surface area contributed by atoms with Gasteiger partial charge in [-0.2, -0.15) is 0 Å². The van der Waals surface area contributed by atoms with Crippen molar-refractivity contribution < 1.29 is 17.7 Å². The molecule has 1 N–H and O–H groups in total. The van der Waals surface area contributed by atoms with Gasteiger partial charge in [-0.15, -0.1) is 0 Å². The number of sulfonamides is 1. The van der Waals surface area contributed by atoms with Crippen LogP contribution < -0.4 is 5.32 Å². The molecule has 2 rings (SSSR count). The molecule has 0 aromatic carbocycles. The highest BCUT2D eigenvalue weighted by molar-refractivity contribution is 7.89. The van der Waals surface area contributed by atoms with E-state index in [0.717, 1.165) is 12.8 Å². The van der Waals surface area contributed by atoms with Crippen molar-refractivity contribution in [1.29, 1.82) is 0 Å². The minimum Gasteiger partial charge on any atom is -0.361 e. The molecule has 1 aromatic rings. The van der Waals surface area contributed by atoms with Crippen LogP contribution in [-0.2, 0) is 16.4 Å². The van der Waals surface area contributed by atoms with Gasteiger partial charge in [0.05, 0.1) is 5.75 Å². The second-order valence-corrected chi connectivity index (χ2v) is 8.04. The van der Waals surface area contributed by atoms with Gasteiger partial charge in [0, 0.05) is 32.1 Å². The Morgan fingerprint density at radius 2 is 2.09 bits per heavy atom. The van der Waals surface area contributed by atoms with Crippen LogP contribution in [0, 0.1) is 5.92 Å². The molecule has 1 fully saturated rings. The second kappa shape index (κ2) is 7.23. The summed E-state index contributed by atoms with van der Waals surface area (Å²) >= 11 is 0. The van der Waals surface area contributed by atoms with Gasteiger partial charge in [0.25, 0.3) is 5.91 Å². The van der Waals surface area contributed by atoms with E-state index in [1.165, 1.54) is 4.31 Å². The maximum atomic E-state index is 12.0. The molecule has 1 aliphatic rings. The Morgan fingerprint density at radius 3 is 2.73 bits per heavy atom. The Bertz CT molecular complexity index is 603. The lowest BCUT2D eigenvalue weighted by atomic mass is 10.1. The summed E-state index contributed by atoms with van der Waals surface area (Å²) < 4.78 is 30.6. The van der Waals surface area contributed by atoms with Crippen molar-refractivity contribution in [2.45, 2.75) is 33.1 Å². The molecule has 1 aliphatic heterocycles. The van der Waals surface area contributed by atoms with E-state index in [4.69, 9.17) is 4.52 Å². The highest BCUT2D eigenvalue weighted by atomic mass is 32.2. The van der Waals surface area contributed by atoms with Crippen molar-refractivity contribution in [3.63, 3.8) is 0 Å². The van der Waals surface area contributed by atoms with E-state index in [-0.39, 0.29) is 18.0 Å². The molecule has 8 heteroatoms. The van der Waals surface area contributed by atoms with Crippen LogP contribution in [0.2, 0.25) is 0 Å². The summed E-state index contributed by atoms with van der Waals surface area (Å²) in [6.45, 7) is 5.33. The van der Waals surface area contributed by atoms with Crippen molar-refractivity contribution >= 4 is 15.9 Å². The summed E-state index contributed by atoms with van der Waals surface area (Å²) in [6.07, 6.45) is 2.52. The number of hydrogen-bond donors (Lipinski definition) is 1. The maximum Gasteiger partial charge on any atom is 0.273 e. The van der Waals surface area contributed by atoms with Gasteiger partial charge in [-0.05, 0) is 18.8 Å². The first-order chi connectivity index (χ1) is 10.4. The first-order valence-corrected chi connectivity index (χ1v) is 9.21. The van der Waals surface area contributed by atoms with E-state index in [1.54, 1.807) is 6.07 Å². The molecule has 0 bridgehead atoms. The number of amides is 1. The Balaban J connectivity index is 1.81. The SMILES string of the molecule is CC(C)Cc1cc(C(=O)NCCS(=O)(=O)N2CCCC2)no1. The van der Waals surface area contributed by atoms with Crippen LogP contribution in [0.1, 0.15) is 42.9 Å². The van der Waals surface area contributed by atoms with Crippen molar-refractivity contribution in [1.82, 2.24) is 14.8 Å². The van der Waals surface area contributed by atoms with Crippen LogP contribution in [-0.4, -0.2) is 49.2 Å². The molecule has 22 heavy (non-hydrogen) atoms. The molecule has 1 amide bonds. The molecule has 0 saturated carbocycles. The summed E-state index contributed by atoms with van der Waals surface area (Å²) in [5.74, 6) is 0.574. The minimum atomic E-state index is -3.27. The summed E-state index contributed by atoms with van der Waals surface area (Å²) in [5, 5.41) is 6.29. The van der Waals surface area contributed by atoms with Crippen LogP contribution in [0.25, 0.3) is 0 Å². The zero-order valence-corrected chi connectivity index (χ0v) is 13.9. The standard InChI is InChI=1S/C14H23N3O4S/c1-11(2)9-12-10-13(16-21-12)14(18)15-5-8-22(19,20)17-6-3-4-7-17/h10-11H,3-9H2,1-2H3,(H,15,18). The molecule has 0 spiro atoms. The Morgan fingerprint density at radius 1 is 1.41 bits per heavy atom. The number of carbonyl (C=O) groups is 1. The van der Waals surface area contributed by atoms with E-state index >= 15 is 0 Å². The molecule has 0 radical (unpaired) electrons. The van der Waals surface area contributed by atoms with Gasteiger partial charge < -0.3 is 9.84 Å². The van der Waals surface area contributed by atoms with Crippen molar-refractivity contribution in [2.24, 2.45) is 5.92 Å². The van der Waals surface area contributed by atoms with Crippen LogP contribution in [0.5, 0.6) is 0 Å². The second-order valence-electron chi connectivity index (χ2n) is 5.95. The summed E-state index contributed by atoms with van der Waals surface area (Å²) in [5.41, 5.74) is 0.189. The van der Waals surface area contributed by atoms with E-state index in [2.05, 4.69) is 10.5 Å². The summed E-state index contributed by atoms with van der Waals surface area (Å²) in [4.78, 5) is 11.9. The van der Waals surface area contributed by atoms with Gasteiger partial charge in [0.1, 0.15) is 5.76 Å². The van der Waals surface area contributed by atoms with Crippen LogP contribution in [0.15, 0.2) is 10.6 Å². The lowest BCUT2D eigenvalue weighted by Gasteiger charge is -2.15. The maximum absolute atomic E-state index is 12.0. The van der Waals surface area contributed by atoms with Gasteiger partial charge in [-0.3, -0.25) is 4.79 Å². The van der Waals surface area contributed by atoms with E-state index in [9.17, 15) is 13.2 Å². The zero-order valence-electron chi connectivity index (χ0n) is 13.0. The Labute approximate surface area is 131 Å². The highest BCUT2D eigenvalue weighted by Gasteiger charge is 2.25. The number of aromatic nitrogens is 1. The van der Waals surface area contributed by atoms with Gasteiger partial charge in [0.15, 0.2) is 5.69 Å². The molecule has 1 saturated heterocycles. The third-order valence-electron chi connectivity index (χ3n) is 3.51. The fourth-order valence-corrected chi connectivity index (χ4v) is 3.83. The van der Waals surface area contributed by atoms with E-state index in [0.29, 0.717) is 31.2 Å². The predicted molar refractivity (Wildman–Crippen MR) is 82.0 cm³/mol. The first-order valence-electron chi connectivity index (χ1n) is 7.60. The largest absolute Gasteiger partial charge is 0.361 e.